The second-order valence-electron chi connectivity index (χ2n) is 9.37. The lowest BCUT2D eigenvalue weighted by Gasteiger charge is -2.37. The molecule has 1 aromatic carbocycles. The Morgan fingerprint density at radius 3 is 2.64 bits per heavy atom. The third-order valence-corrected chi connectivity index (χ3v) is 7.13. The van der Waals surface area contributed by atoms with E-state index in [4.69, 9.17) is 22.1 Å². The summed E-state index contributed by atoms with van der Waals surface area (Å²) in [5.41, 5.74) is 11.2. The summed E-state index contributed by atoms with van der Waals surface area (Å²) < 4.78 is 7.68. The molecule has 0 unspecified atom stereocenters. The van der Waals surface area contributed by atoms with Crippen molar-refractivity contribution in [2.24, 2.45) is 7.05 Å². The first-order chi connectivity index (χ1) is 17.3. The number of hydrogen-bond acceptors (Lipinski definition) is 8. The van der Waals surface area contributed by atoms with Gasteiger partial charge >= 0.3 is 0 Å². The number of halogens is 1. The third-order valence-electron chi connectivity index (χ3n) is 6.86. The van der Waals surface area contributed by atoms with E-state index in [9.17, 15) is 0 Å². The van der Waals surface area contributed by atoms with Crippen molar-refractivity contribution in [1.29, 1.82) is 0 Å². The lowest BCUT2D eigenvalue weighted by molar-refractivity contribution is 0.249. The summed E-state index contributed by atoms with van der Waals surface area (Å²) in [6.07, 6.45) is 7.52. The zero-order chi connectivity index (χ0) is 25.4. The Kier molecular flexibility index (Phi) is 6.59. The first kappa shape index (κ1) is 24.1. The Bertz CT molecular complexity index is 1390. The number of hydrogen-bond donors (Lipinski definition) is 2. The predicted molar refractivity (Wildman–Crippen MR) is 146 cm³/mol. The number of nitrogen functional groups attached to an aromatic ring is 1. The van der Waals surface area contributed by atoms with Gasteiger partial charge in [-0.2, -0.15) is 0 Å². The van der Waals surface area contributed by atoms with Gasteiger partial charge < -0.3 is 30.2 Å². The molecular formula is C26H31ClN8O. The van der Waals surface area contributed by atoms with E-state index in [1.165, 1.54) is 0 Å². The number of pyridine rings is 1. The maximum Gasteiger partial charge on any atom is 0.227 e. The molecule has 36 heavy (non-hydrogen) atoms. The van der Waals surface area contributed by atoms with Crippen LogP contribution in [0, 0.1) is 0 Å². The van der Waals surface area contributed by atoms with E-state index < -0.39 is 0 Å². The van der Waals surface area contributed by atoms with Gasteiger partial charge in [0.05, 0.1) is 41.1 Å². The Balaban J connectivity index is 1.41. The van der Waals surface area contributed by atoms with Gasteiger partial charge in [0, 0.05) is 55.6 Å². The van der Waals surface area contributed by atoms with Gasteiger partial charge in [-0.15, -0.1) is 0 Å². The highest BCUT2D eigenvalue weighted by Gasteiger charge is 2.23. The summed E-state index contributed by atoms with van der Waals surface area (Å²) in [6.45, 7) is 1.90. The zero-order valence-corrected chi connectivity index (χ0v) is 21.8. The van der Waals surface area contributed by atoms with Crippen LogP contribution in [0.5, 0.6) is 5.75 Å². The number of rotatable bonds is 6. The Morgan fingerprint density at radius 2 is 1.92 bits per heavy atom. The molecule has 1 fully saturated rings. The van der Waals surface area contributed by atoms with Crippen LogP contribution in [0.25, 0.3) is 22.3 Å². The maximum absolute atomic E-state index is 6.50. The van der Waals surface area contributed by atoms with Crippen LogP contribution in [0.3, 0.4) is 0 Å². The number of piperidine rings is 1. The number of aryl methyl sites for hydroxylation is 1. The van der Waals surface area contributed by atoms with Crippen LogP contribution in [0.1, 0.15) is 12.8 Å². The van der Waals surface area contributed by atoms with Gasteiger partial charge in [-0.05, 0) is 45.1 Å². The van der Waals surface area contributed by atoms with E-state index in [1.54, 1.807) is 19.5 Å². The van der Waals surface area contributed by atoms with Gasteiger partial charge in [0.1, 0.15) is 11.4 Å². The Morgan fingerprint density at radius 1 is 1.14 bits per heavy atom. The number of anilines is 4. The Labute approximate surface area is 215 Å². The number of nitrogens with two attached hydrogens (primary N) is 1. The molecule has 0 spiro atoms. The van der Waals surface area contributed by atoms with Crippen LogP contribution in [-0.4, -0.2) is 64.8 Å². The monoisotopic (exact) mass is 506 g/mol. The summed E-state index contributed by atoms with van der Waals surface area (Å²) in [5, 5.41) is 4.72. The molecular weight excluding hydrogens is 476 g/mol. The molecule has 0 amide bonds. The molecule has 0 saturated carbocycles. The van der Waals surface area contributed by atoms with Crippen LogP contribution in [0.4, 0.5) is 23.0 Å². The van der Waals surface area contributed by atoms with Crippen LogP contribution < -0.4 is 20.7 Å². The second kappa shape index (κ2) is 9.83. The van der Waals surface area contributed by atoms with Crippen molar-refractivity contribution in [1.82, 2.24) is 24.4 Å². The number of nitrogens with zero attached hydrogens (tertiary/aromatic N) is 6. The summed E-state index contributed by atoms with van der Waals surface area (Å²) in [4.78, 5) is 18.2. The predicted octanol–water partition coefficient (Wildman–Crippen LogP) is 4.55. The van der Waals surface area contributed by atoms with E-state index in [0.29, 0.717) is 39.8 Å². The van der Waals surface area contributed by atoms with Gasteiger partial charge in [-0.1, -0.05) is 11.6 Å². The molecule has 1 aliphatic rings. The van der Waals surface area contributed by atoms with Crippen LogP contribution in [0.2, 0.25) is 5.02 Å². The fourth-order valence-electron chi connectivity index (χ4n) is 4.78. The molecule has 10 heteroatoms. The summed E-state index contributed by atoms with van der Waals surface area (Å²) in [6, 6.07) is 8.49. The first-order valence-electron chi connectivity index (χ1n) is 11.9. The van der Waals surface area contributed by atoms with Gasteiger partial charge in [-0.25, -0.2) is 15.0 Å². The summed E-state index contributed by atoms with van der Waals surface area (Å²) in [5.74, 6) is 1.06. The van der Waals surface area contributed by atoms with Crippen molar-refractivity contribution < 1.29 is 4.74 Å². The zero-order valence-electron chi connectivity index (χ0n) is 21.0. The molecule has 1 saturated heterocycles. The van der Waals surface area contributed by atoms with Crippen molar-refractivity contribution in [3.8, 4) is 17.0 Å². The molecule has 1 aliphatic heterocycles. The number of ether oxygens (including phenoxy) is 1. The van der Waals surface area contributed by atoms with E-state index in [1.807, 2.05) is 42.1 Å². The first-order valence-corrected chi connectivity index (χ1v) is 12.3. The normalized spacial score (nSPS) is 14.6. The highest BCUT2D eigenvalue weighted by Crippen LogP contribution is 2.38. The van der Waals surface area contributed by atoms with E-state index in [2.05, 4.69) is 44.2 Å². The smallest absolute Gasteiger partial charge is 0.227 e. The highest BCUT2D eigenvalue weighted by molar-refractivity contribution is 6.33. The molecule has 3 N–H and O–H groups in total. The third kappa shape index (κ3) is 4.64. The number of methoxy groups -OCH3 is 1. The second-order valence-corrected chi connectivity index (χ2v) is 9.78. The molecule has 0 radical (unpaired) electrons. The van der Waals surface area contributed by atoms with E-state index in [0.717, 1.165) is 48.2 Å². The minimum Gasteiger partial charge on any atom is -0.494 e. The van der Waals surface area contributed by atoms with Crippen LogP contribution in [-0.2, 0) is 7.05 Å². The van der Waals surface area contributed by atoms with Crippen molar-refractivity contribution in [2.75, 3.05) is 50.2 Å². The molecule has 4 aromatic rings. The van der Waals surface area contributed by atoms with E-state index >= 15 is 0 Å². The van der Waals surface area contributed by atoms with Crippen molar-refractivity contribution >= 4 is 45.6 Å². The molecule has 3 aromatic heterocycles. The number of nitrogens with one attached hydrogen (secondary N) is 1. The molecule has 0 bridgehead atoms. The number of aromatic nitrogens is 4. The summed E-state index contributed by atoms with van der Waals surface area (Å²) in [7, 11) is 7.89. The minimum absolute atomic E-state index is 0.389. The molecule has 9 nitrogen and oxygen atoms in total. The largest absolute Gasteiger partial charge is 0.494 e. The van der Waals surface area contributed by atoms with Crippen molar-refractivity contribution in [3.05, 3.63) is 47.9 Å². The lowest BCUT2D eigenvalue weighted by atomic mass is 10.0. The van der Waals surface area contributed by atoms with Crippen molar-refractivity contribution in [3.63, 3.8) is 0 Å². The van der Waals surface area contributed by atoms with Gasteiger partial charge in [0.25, 0.3) is 0 Å². The number of fused-ring (bicyclic) bond motifs is 1. The Hall–Kier alpha value is -3.56. The standard InChI is InChI=1S/C26H31ClN8O/c1-33(2)18-6-9-35(10-7-18)22-13-23(36-4)21(12-20(22)28)31-26-30-15-19(27)24(32-26)17-11-16-5-8-34(3)25(16)29-14-17/h5,8,11-15,18H,6-7,9-10,28H2,1-4H3,(H,30,31,32). The average Bonchev–Trinajstić information content (AvgIpc) is 3.25. The van der Waals surface area contributed by atoms with Crippen LogP contribution >= 0.6 is 11.6 Å². The fourth-order valence-corrected chi connectivity index (χ4v) is 4.98. The lowest BCUT2D eigenvalue weighted by Crippen LogP contribution is -2.42. The molecule has 0 aliphatic carbocycles. The van der Waals surface area contributed by atoms with Crippen molar-refractivity contribution in [2.45, 2.75) is 18.9 Å². The van der Waals surface area contributed by atoms with Gasteiger partial charge in [0.2, 0.25) is 5.95 Å². The highest BCUT2D eigenvalue weighted by atomic mass is 35.5. The molecule has 5 rings (SSSR count). The molecule has 0 atom stereocenters. The van der Waals surface area contributed by atoms with Gasteiger partial charge in [-0.3, -0.25) is 0 Å². The topological polar surface area (TPSA) is 97.4 Å². The van der Waals surface area contributed by atoms with Gasteiger partial charge in [0.15, 0.2) is 0 Å². The van der Waals surface area contributed by atoms with Crippen LogP contribution in [0.15, 0.2) is 42.9 Å². The quantitative estimate of drug-likeness (QED) is 0.368. The average molecular weight is 507 g/mol. The minimum atomic E-state index is 0.389. The fraction of sp³-hybridized carbons (Fsp3) is 0.346. The summed E-state index contributed by atoms with van der Waals surface area (Å²) >= 11 is 6.47. The SMILES string of the molecule is COc1cc(N2CCC(N(C)C)CC2)c(N)cc1Nc1ncc(Cl)c(-c2cnc3c(ccn3C)c2)n1. The molecule has 4 heterocycles. The maximum atomic E-state index is 6.50. The van der Waals surface area contributed by atoms with E-state index in [-0.39, 0.29) is 0 Å². The number of benzene rings is 1. The molecule has 188 valence electrons.